The number of hydrogen-bond acceptors (Lipinski definition) is 3. The molecule has 0 spiro atoms. The van der Waals surface area contributed by atoms with Gasteiger partial charge >= 0.3 is 5.97 Å². The molecule has 98 valence electrons. The summed E-state index contributed by atoms with van der Waals surface area (Å²) >= 11 is 4.28. The normalized spacial score (nSPS) is 13.8. The Balaban J connectivity index is 2.47. The van der Waals surface area contributed by atoms with E-state index in [0.717, 1.165) is 11.1 Å². The van der Waals surface area contributed by atoms with Gasteiger partial charge in [0.1, 0.15) is 0 Å². The Morgan fingerprint density at radius 1 is 1.11 bits per heavy atom. The first-order valence-electron chi connectivity index (χ1n) is 5.77. The summed E-state index contributed by atoms with van der Waals surface area (Å²) in [5.41, 5.74) is 0.282. The van der Waals surface area contributed by atoms with Crippen molar-refractivity contribution in [2.75, 3.05) is 0 Å². The SMILES string of the molecule is CC(O)(C(=O)O)c1ccc(-c2ccccc2)cc1S. The maximum absolute atomic E-state index is 11.0. The van der Waals surface area contributed by atoms with E-state index in [9.17, 15) is 9.90 Å². The second kappa shape index (κ2) is 5.07. The Bertz CT molecular complexity index is 606. The van der Waals surface area contributed by atoms with Gasteiger partial charge < -0.3 is 10.2 Å². The zero-order chi connectivity index (χ0) is 14.0. The zero-order valence-electron chi connectivity index (χ0n) is 10.4. The molecule has 0 heterocycles. The molecule has 2 aromatic rings. The number of aliphatic hydroxyl groups is 1. The second-order valence-corrected chi connectivity index (χ2v) is 4.96. The van der Waals surface area contributed by atoms with Crippen LogP contribution in [0.15, 0.2) is 53.4 Å². The van der Waals surface area contributed by atoms with Crippen LogP contribution in [0.5, 0.6) is 0 Å². The highest BCUT2D eigenvalue weighted by Crippen LogP contribution is 2.31. The summed E-state index contributed by atoms with van der Waals surface area (Å²) in [5.74, 6) is -1.30. The zero-order valence-corrected chi connectivity index (χ0v) is 11.3. The van der Waals surface area contributed by atoms with Crippen molar-refractivity contribution in [3.8, 4) is 11.1 Å². The number of aliphatic carboxylic acids is 1. The van der Waals surface area contributed by atoms with Crippen molar-refractivity contribution in [1.29, 1.82) is 0 Å². The molecule has 2 rings (SSSR count). The smallest absolute Gasteiger partial charge is 0.340 e. The first kappa shape index (κ1) is 13.6. The van der Waals surface area contributed by atoms with Crippen LogP contribution in [0.3, 0.4) is 0 Å². The Labute approximate surface area is 116 Å². The van der Waals surface area contributed by atoms with Gasteiger partial charge in [-0.3, -0.25) is 0 Å². The number of carbonyl (C=O) groups is 1. The maximum atomic E-state index is 11.0. The average Bonchev–Trinajstić information content (AvgIpc) is 2.39. The fourth-order valence-corrected chi connectivity index (χ4v) is 2.30. The maximum Gasteiger partial charge on any atom is 0.340 e. The molecule has 19 heavy (non-hydrogen) atoms. The molecule has 0 bridgehead atoms. The minimum Gasteiger partial charge on any atom is -0.479 e. The monoisotopic (exact) mass is 274 g/mol. The summed E-state index contributed by atoms with van der Waals surface area (Å²) in [5, 5.41) is 19.0. The van der Waals surface area contributed by atoms with Crippen molar-refractivity contribution in [2.45, 2.75) is 17.4 Å². The molecule has 2 aromatic carbocycles. The molecule has 0 amide bonds. The third-order valence-electron chi connectivity index (χ3n) is 3.05. The van der Waals surface area contributed by atoms with Crippen molar-refractivity contribution in [2.24, 2.45) is 0 Å². The van der Waals surface area contributed by atoms with Crippen molar-refractivity contribution in [1.82, 2.24) is 0 Å². The van der Waals surface area contributed by atoms with Gasteiger partial charge in [-0.1, -0.05) is 42.5 Å². The Kier molecular flexibility index (Phi) is 3.64. The van der Waals surface area contributed by atoms with Gasteiger partial charge in [0.25, 0.3) is 0 Å². The minimum atomic E-state index is -1.94. The van der Waals surface area contributed by atoms with Crippen LogP contribution in [0.25, 0.3) is 11.1 Å². The lowest BCUT2D eigenvalue weighted by molar-refractivity contribution is -0.157. The second-order valence-electron chi connectivity index (χ2n) is 4.48. The third kappa shape index (κ3) is 2.64. The van der Waals surface area contributed by atoms with E-state index in [-0.39, 0.29) is 5.56 Å². The molecule has 1 atom stereocenters. The molecule has 2 N–H and O–H groups in total. The molecular weight excluding hydrogens is 260 g/mol. The molecule has 1 unspecified atom stereocenters. The molecule has 3 nitrogen and oxygen atoms in total. The summed E-state index contributed by atoms with van der Waals surface area (Å²) in [6, 6.07) is 14.8. The van der Waals surface area contributed by atoms with Crippen LogP contribution in [0.1, 0.15) is 12.5 Å². The van der Waals surface area contributed by atoms with Crippen LogP contribution in [-0.4, -0.2) is 16.2 Å². The fourth-order valence-electron chi connectivity index (χ4n) is 1.87. The molecule has 0 radical (unpaired) electrons. The Hall–Kier alpha value is -1.78. The highest BCUT2D eigenvalue weighted by atomic mass is 32.1. The number of carboxylic acid groups (broad SMARTS) is 1. The molecule has 0 aliphatic rings. The summed E-state index contributed by atoms with van der Waals surface area (Å²) in [6.45, 7) is 1.24. The molecule has 0 aromatic heterocycles. The van der Waals surface area contributed by atoms with E-state index < -0.39 is 11.6 Å². The molecule has 0 aliphatic heterocycles. The predicted octanol–water partition coefficient (Wildman–Crippen LogP) is 2.93. The van der Waals surface area contributed by atoms with E-state index in [1.54, 1.807) is 18.2 Å². The summed E-state index contributed by atoms with van der Waals surface area (Å²) in [7, 11) is 0. The van der Waals surface area contributed by atoms with Crippen LogP contribution in [-0.2, 0) is 10.4 Å². The molecule has 4 heteroatoms. The lowest BCUT2D eigenvalue weighted by atomic mass is 9.94. The van der Waals surface area contributed by atoms with E-state index in [4.69, 9.17) is 5.11 Å². The molecule has 0 saturated carbocycles. The summed E-state index contributed by atoms with van der Waals surface area (Å²) in [6.07, 6.45) is 0. The van der Waals surface area contributed by atoms with E-state index in [2.05, 4.69) is 12.6 Å². The molecule has 0 fully saturated rings. The van der Waals surface area contributed by atoms with E-state index in [0.29, 0.717) is 4.90 Å². The first-order valence-corrected chi connectivity index (χ1v) is 6.22. The highest BCUT2D eigenvalue weighted by molar-refractivity contribution is 7.80. The minimum absolute atomic E-state index is 0.281. The Morgan fingerprint density at radius 2 is 1.74 bits per heavy atom. The number of rotatable bonds is 3. The third-order valence-corrected chi connectivity index (χ3v) is 3.42. The molecular formula is C15H14O3S. The summed E-state index contributed by atoms with van der Waals surface area (Å²) in [4.78, 5) is 11.5. The molecule has 0 aliphatic carbocycles. The van der Waals surface area contributed by atoms with Crippen molar-refractivity contribution in [3.63, 3.8) is 0 Å². The first-order chi connectivity index (χ1) is 8.93. The van der Waals surface area contributed by atoms with E-state index in [1.165, 1.54) is 6.92 Å². The van der Waals surface area contributed by atoms with Gasteiger partial charge in [-0.15, -0.1) is 12.6 Å². The Morgan fingerprint density at radius 3 is 2.26 bits per heavy atom. The number of thiol groups is 1. The van der Waals surface area contributed by atoms with Gasteiger partial charge in [-0.05, 0) is 24.1 Å². The van der Waals surface area contributed by atoms with Crippen molar-refractivity contribution in [3.05, 3.63) is 54.1 Å². The predicted molar refractivity (Wildman–Crippen MR) is 76.3 cm³/mol. The summed E-state index contributed by atoms with van der Waals surface area (Å²) < 4.78 is 0. The van der Waals surface area contributed by atoms with Crippen molar-refractivity contribution >= 4 is 18.6 Å². The van der Waals surface area contributed by atoms with Crippen LogP contribution in [0, 0.1) is 0 Å². The van der Waals surface area contributed by atoms with E-state index in [1.807, 2.05) is 30.3 Å². The van der Waals surface area contributed by atoms with Gasteiger partial charge in [0.2, 0.25) is 0 Å². The van der Waals surface area contributed by atoms with Gasteiger partial charge in [-0.25, -0.2) is 4.79 Å². The average molecular weight is 274 g/mol. The van der Waals surface area contributed by atoms with Crippen molar-refractivity contribution < 1.29 is 15.0 Å². The largest absolute Gasteiger partial charge is 0.479 e. The number of benzene rings is 2. The highest BCUT2D eigenvalue weighted by Gasteiger charge is 2.33. The van der Waals surface area contributed by atoms with Gasteiger partial charge in [0.15, 0.2) is 5.60 Å². The van der Waals surface area contributed by atoms with Crippen LogP contribution >= 0.6 is 12.6 Å². The fraction of sp³-hybridized carbons (Fsp3) is 0.133. The van der Waals surface area contributed by atoms with Gasteiger partial charge in [0, 0.05) is 10.5 Å². The van der Waals surface area contributed by atoms with Crippen LogP contribution in [0.2, 0.25) is 0 Å². The number of hydrogen-bond donors (Lipinski definition) is 3. The quantitative estimate of drug-likeness (QED) is 0.754. The lowest BCUT2D eigenvalue weighted by Crippen LogP contribution is -2.32. The topological polar surface area (TPSA) is 57.5 Å². The molecule has 0 saturated heterocycles. The van der Waals surface area contributed by atoms with E-state index >= 15 is 0 Å². The standard InChI is InChI=1S/C15H14O3S/c1-15(18,14(16)17)12-8-7-11(9-13(12)19)10-5-3-2-4-6-10/h2-9,18-19H,1H3,(H,16,17). The van der Waals surface area contributed by atoms with Gasteiger partial charge in [-0.2, -0.15) is 0 Å². The van der Waals surface area contributed by atoms with Crippen LogP contribution in [0.4, 0.5) is 0 Å². The van der Waals surface area contributed by atoms with Gasteiger partial charge in [0.05, 0.1) is 0 Å². The van der Waals surface area contributed by atoms with Crippen LogP contribution < -0.4 is 0 Å². The number of carboxylic acids is 1. The lowest BCUT2D eigenvalue weighted by Gasteiger charge is -2.20.